The van der Waals surface area contributed by atoms with E-state index < -0.39 is 23.6 Å². The van der Waals surface area contributed by atoms with E-state index in [4.69, 9.17) is 4.74 Å². The van der Waals surface area contributed by atoms with E-state index in [9.17, 15) is 15.0 Å². The molecule has 0 spiro atoms. The quantitative estimate of drug-likeness (QED) is 0.617. The average molecular weight is 278 g/mol. The molecule has 0 bridgehead atoms. The van der Waals surface area contributed by atoms with Crippen molar-refractivity contribution < 1.29 is 19.7 Å². The monoisotopic (exact) mass is 278 g/mol. The van der Waals surface area contributed by atoms with Gasteiger partial charge in [0, 0.05) is 5.92 Å². The van der Waals surface area contributed by atoms with Crippen LogP contribution in [0.25, 0.3) is 0 Å². The molecule has 0 unspecified atom stereocenters. The highest BCUT2D eigenvalue weighted by molar-refractivity contribution is 5.80. The van der Waals surface area contributed by atoms with Gasteiger partial charge >= 0.3 is 5.97 Å². The normalized spacial score (nSPS) is 17.4. The van der Waals surface area contributed by atoms with Crippen molar-refractivity contribution in [2.45, 2.75) is 39.1 Å². The molecule has 0 amide bonds. The standard InChI is InChI=1S/C16H22O4/c1-4-8-12(2)16(19,13(3)17)15(18)20-11-14-9-6-5-7-10-14/h4-10,12-13,17,19H,11H2,1-3H3/b8-4+/t12-,13-,16+/m1/s1. The topological polar surface area (TPSA) is 66.8 Å². The van der Waals surface area contributed by atoms with Crippen LogP contribution < -0.4 is 0 Å². The molecule has 3 atom stereocenters. The highest BCUT2D eigenvalue weighted by atomic mass is 16.6. The molecule has 0 saturated carbocycles. The summed E-state index contributed by atoms with van der Waals surface area (Å²) in [5, 5.41) is 20.2. The van der Waals surface area contributed by atoms with E-state index in [0.717, 1.165) is 5.56 Å². The highest BCUT2D eigenvalue weighted by Gasteiger charge is 2.46. The van der Waals surface area contributed by atoms with Crippen molar-refractivity contribution in [3.63, 3.8) is 0 Å². The second-order valence-corrected chi connectivity index (χ2v) is 4.88. The summed E-state index contributed by atoms with van der Waals surface area (Å²) in [6.45, 7) is 4.89. The van der Waals surface area contributed by atoms with E-state index in [1.54, 1.807) is 26.0 Å². The van der Waals surface area contributed by atoms with Crippen LogP contribution >= 0.6 is 0 Å². The van der Waals surface area contributed by atoms with Gasteiger partial charge in [0.25, 0.3) is 0 Å². The summed E-state index contributed by atoms with van der Waals surface area (Å²) in [6, 6.07) is 9.19. The van der Waals surface area contributed by atoms with Crippen LogP contribution in [-0.2, 0) is 16.1 Å². The minimum absolute atomic E-state index is 0.0667. The number of aliphatic hydroxyl groups is 2. The van der Waals surface area contributed by atoms with Gasteiger partial charge in [-0.15, -0.1) is 0 Å². The van der Waals surface area contributed by atoms with Gasteiger partial charge in [0.2, 0.25) is 0 Å². The van der Waals surface area contributed by atoms with Gasteiger partial charge in [0.05, 0.1) is 6.10 Å². The molecule has 4 heteroatoms. The molecule has 4 nitrogen and oxygen atoms in total. The van der Waals surface area contributed by atoms with E-state index in [1.165, 1.54) is 6.92 Å². The van der Waals surface area contributed by atoms with E-state index in [0.29, 0.717) is 0 Å². The molecule has 1 aromatic carbocycles. The van der Waals surface area contributed by atoms with Crippen LogP contribution in [0.2, 0.25) is 0 Å². The van der Waals surface area contributed by atoms with Gasteiger partial charge in [-0.1, -0.05) is 49.4 Å². The van der Waals surface area contributed by atoms with E-state index in [2.05, 4.69) is 0 Å². The molecule has 0 radical (unpaired) electrons. The van der Waals surface area contributed by atoms with Gasteiger partial charge in [0.15, 0.2) is 5.60 Å². The second kappa shape index (κ2) is 7.22. The molecule has 0 saturated heterocycles. The van der Waals surface area contributed by atoms with Gasteiger partial charge in [-0.2, -0.15) is 0 Å². The van der Waals surface area contributed by atoms with Gasteiger partial charge in [-0.05, 0) is 19.4 Å². The number of carbonyl (C=O) groups is 1. The number of allylic oxidation sites excluding steroid dienone is 1. The fraction of sp³-hybridized carbons (Fsp3) is 0.438. The first-order chi connectivity index (χ1) is 9.42. The van der Waals surface area contributed by atoms with Gasteiger partial charge in [-0.25, -0.2) is 4.79 Å². The number of aliphatic hydroxyl groups excluding tert-OH is 1. The number of ether oxygens (including phenoxy) is 1. The average Bonchev–Trinajstić information content (AvgIpc) is 2.44. The number of rotatable bonds is 6. The summed E-state index contributed by atoms with van der Waals surface area (Å²) in [7, 11) is 0. The second-order valence-electron chi connectivity index (χ2n) is 4.88. The summed E-state index contributed by atoms with van der Waals surface area (Å²) in [6.07, 6.45) is 2.16. The predicted molar refractivity (Wildman–Crippen MR) is 76.8 cm³/mol. The third-order valence-electron chi connectivity index (χ3n) is 3.35. The van der Waals surface area contributed by atoms with Crippen LogP contribution in [-0.4, -0.2) is 27.9 Å². The van der Waals surface area contributed by atoms with Crippen molar-refractivity contribution in [1.29, 1.82) is 0 Å². The molecule has 0 fully saturated rings. The van der Waals surface area contributed by atoms with Crippen LogP contribution in [0.5, 0.6) is 0 Å². The molecule has 1 aromatic rings. The van der Waals surface area contributed by atoms with E-state index >= 15 is 0 Å². The van der Waals surface area contributed by atoms with Gasteiger partial charge in [-0.3, -0.25) is 0 Å². The number of carbonyl (C=O) groups excluding carboxylic acids is 1. The highest BCUT2D eigenvalue weighted by Crippen LogP contribution is 2.25. The van der Waals surface area contributed by atoms with Crippen molar-refractivity contribution in [3.8, 4) is 0 Å². The van der Waals surface area contributed by atoms with Crippen molar-refractivity contribution >= 4 is 5.97 Å². The minimum Gasteiger partial charge on any atom is -0.459 e. The summed E-state index contributed by atoms with van der Waals surface area (Å²) >= 11 is 0. The molecule has 20 heavy (non-hydrogen) atoms. The Morgan fingerprint density at radius 1 is 1.35 bits per heavy atom. The lowest BCUT2D eigenvalue weighted by Gasteiger charge is -2.32. The summed E-state index contributed by atoms with van der Waals surface area (Å²) < 4.78 is 5.14. The van der Waals surface area contributed by atoms with Gasteiger partial charge < -0.3 is 14.9 Å². The molecule has 0 aromatic heterocycles. The van der Waals surface area contributed by atoms with Crippen molar-refractivity contribution in [2.75, 3.05) is 0 Å². The fourth-order valence-electron chi connectivity index (χ4n) is 2.01. The molecular weight excluding hydrogens is 256 g/mol. The smallest absolute Gasteiger partial charge is 0.341 e. The number of esters is 1. The Hall–Kier alpha value is -1.65. The Morgan fingerprint density at radius 2 is 1.95 bits per heavy atom. The Bertz CT molecular complexity index is 453. The van der Waals surface area contributed by atoms with Crippen LogP contribution in [0.15, 0.2) is 42.5 Å². The SMILES string of the molecule is C/C=C/[C@@H](C)[C@@](O)(C(=O)OCc1ccccc1)[C@@H](C)O. The Morgan fingerprint density at radius 3 is 2.45 bits per heavy atom. The largest absolute Gasteiger partial charge is 0.459 e. The maximum atomic E-state index is 12.1. The maximum absolute atomic E-state index is 12.1. The Kier molecular flexibility index (Phi) is 5.92. The molecule has 0 aliphatic rings. The lowest BCUT2D eigenvalue weighted by molar-refractivity contribution is -0.184. The molecule has 0 aliphatic heterocycles. The van der Waals surface area contributed by atoms with E-state index in [-0.39, 0.29) is 6.61 Å². The molecular formula is C16H22O4. The first-order valence-corrected chi connectivity index (χ1v) is 6.67. The van der Waals surface area contributed by atoms with Crippen LogP contribution in [0.1, 0.15) is 26.3 Å². The fourth-order valence-corrected chi connectivity index (χ4v) is 2.01. The van der Waals surface area contributed by atoms with Gasteiger partial charge in [0.1, 0.15) is 6.61 Å². The summed E-state index contributed by atoms with van der Waals surface area (Å²) in [4.78, 5) is 12.1. The van der Waals surface area contributed by atoms with Crippen LogP contribution in [0.3, 0.4) is 0 Å². The predicted octanol–water partition coefficient (Wildman–Crippen LogP) is 2.05. The molecule has 1 rings (SSSR count). The van der Waals surface area contributed by atoms with Crippen LogP contribution in [0.4, 0.5) is 0 Å². The zero-order valence-corrected chi connectivity index (χ0v) is 12.1. The first kappa shape index (κ1) is 16.4. The van der Waals surface area contributed by atoms with Crippen LogP contribution in [0, 0.1) is 5.92 Å². The third-order valence-corrected chi connectivity index (χ3v) is 3.35. The number of hydrogen-bond donors (Lipinski definition) is 2. The molecule has 0 heterocycles. The Balaban J connectivity index is 2.80. The van der Waals surface area contributed by atoms with Crippen molar-refractivity contribution in [3.05, 3.63) is 48.0 Å². The zero-order valence-electron chi connectivity index (χ0n) is 12.1. The van der Waals surface area contributed by atoms with Crippen molar-refractivity contribution in [2.24, 2.45) is 5.92 Å². The third kappa shape index (κ3) is 3.68. The van der Waals surface area contributed by atoms with E-state index in [1.807, 2.05) is 30.3 Å². The van der Waals surface area contributed by atoms with Crippen molar-refractivity contribution in [1.82, 2.24) is 0 Å². The number of hydrogen-bond acceptors (Lipinski definition) is 4. The molecule has 2 N–H and O–H groups in total. The number of benzene rings is 1. The first-order valence-electron chi connectivity index (χ1n) is 6.67. The maximum Gasteiger partial charge on any atom is 0.341 e. The minimum atomic E-state index is -1.94. The molecule has 0 aliphatic carbocycles. The lowest BCUT2D eigenvalue weighted by atomic mass is 9.84. The molecule has 110 valence electrons. The summed E-state index contributed by atoms with van der Waals surface area (Å²) in [5.74, 6) is -1.36. The zero-order chi connectivity index (χ0) is 15.2. The summed E-state index contributed by atoms with van der Waals surface area (Å²) in [5.41, 5.74) is -1.12. The lowest BCUT2D eigenvalue weighted by Crippen LogP contribution is -2.53. The Labute approximate surface area is 119 Å².